The van der Waals surface area contributed by atoms with Crippen molar-refractivity contribution in [2.45, 2.75) is 38.6 Å². The molecule has 0 unspecified atom stereocenters. The highest BCUT2D eigenvalue weighted by Gasteiger charge is 2.28. The van der Waals surface area contributed by atoms with E-state index in [1.54, 1.807) is 6.07 Å². The van der Waals surface area contributed by atoms with Crippen LogP contribution < -0.4 is 0 Å². The van der Waals surface area contributed by atoms with Crippen LogP contribution in [0.25, 0.3) is 0 Å². The third-order valence-corrected chi connectivity index (χ3v) is 3.71. The number of Topliss-reactive ketones (excluding diaryl/α,β-unsaturated/α-hetero) is 1. The Morgan fingerprint density at radius 3 is 2.53 bits per heavy atom. The lowest BCUT2D eigenvalue weighted by atomic mass is 9.99. The van der Waals surface area contributed by atoms with Gasteiger partial charge in [0.2, 0.25) is 0 Å². The molecule has 104 valence electrons. The number of phenolic OH excluding ortho intramolecular Hbond substituents is 2. The van der Waals surface area contributed by atoms with E-state index in [2.05, 4.69) is 11.8 Å². The van der Waals surface area contributed by atoms with E-state index < -0.39 is 0 Å². The van der Waals surface area contributed by atoms with E-state index >= 15 is 0 Å². The molecule has 1 saturated heterocycles. The number of aromatic hydroxyl groups is 2. The number of hydrogen-bond acceptors (Lipinski definition) is 4. The molecule has 0 aliphatic carbocycles. The largest absolute Gasteiger partial charge is 0.504 e. The quantitative estimate of drug-likeness (QED) is 0.633. The summed E-state index contributed by atoms with van der Waals surface area (Å²) in [5.41, 5.74) is 0.473. The van der Waals surface area contributed by atoms with Crippen molar-refractivity contribution in [3.63, 3.8) is 0 Å². The fourth-order valence-electron chi connectivity index (χ4n) is 2.68. The summed E-state index contributed by atoms with van der Waals surface area (Å²) in [5, 5.41) is 18.8. The minimum Gasteiger partial charge on any atom is -0.504 e. The number of rotatable bonds is 5. The summed E-state index contributed by atoms with van der Waals surface area (Å²) in [6, 6.07) is 4.21. The molecule has 1 heterocycles. The van der Waals surface area contributed by atoms with E-state index in [0.29, 0.717) is 5.56 Å². The van der Waals surface area contributed by atoms with Crippen LogP contribution >= 0.6 is 0 Å². The molecule has 2 rings (SSSR count). The van der Waals surface area contributed by atoms with Crippen LogP contribution in [0.4, 0.5) is 0 Å². The zero-order valence-corrected chi connectivity index (χ0v) is 11.3. The predicted octanol–water partition coefficient (Wildman–Crippen LogP) is 2.55. The van der Waals surface area contributed by atoms with Gasteiger partial charge in [-0.1, -0.05) is 13.3 Å². The first kappa shape index (κ1) is 13.9. The molecule has 4 nitrogen and oxygen atoms in total. The van der Waals surface area contributed by atoms with E-state index in [4.69, 9.17) is 0 Å². The Morgan fingerprint density at radius 2 is 1.95 bits per heavy atom. The normalized spacial score (nSPS) is 17.5. The van der Waals surface area contributed by atoms with Crippen molar-refractivity contribution in [3.8, 4) is 11.5 Å². The summed E-state index contributed by atoms with van der Waals surface area (Å²) in [5.74, 6) is -0.383. The molecule has 0 amide bonds. The Morgan fingerprint density at radius 1 is 1.26 bits per heavy atom. The monoisotopic (exact) mass is 263 g/mol. The number of carbonyl (C=O) groups is 1. The molecule has 1 aliphatic heterocycles. The second kappa shape index (κ2) is 6.06. The maximum atomic E-state index is 12.6. The van der Waals surface area contributed by atoms with Crippen LogP contribution in [0.3, 0.4) is 0 Å². The lowest BCUT2D eigenvalue weighted by Crippen LogP contribution is -2.39. The van der Waals surface area contributed by atoms with Crippen LogP contribution in [0.15, 0.2) is 18.2 Å². The molecule has 0 spiro atoms. The minimum absolute atomic E-state index is 0.0408. The van der Waals surface area contributed by atoms with Gasteiger partial charge in [-0.05, 0) is 50.6 Å². The molecule has 4 heteroatoms. The number of benzene rings is 1. The lowest BCUT2D eigenvalue weighted by molar-refractivity contribution is 0.0836. The Bertz CT molecular complexity index is 453. The highest BCUT2D eigenvalue weighted by atomic mass is 16.3. The SMILES string of the molecule is CCC[C@H](C(=O)c1ccc(O)c(O)c1)N1CCCC1. The van der Waals surface area contributed by atoms with Gasteiger partial charge in [0.25, 0.3) is 0 Å². The van der Waals surface area contributed by atoms with Gasteiger partial charge in [-0.25, -0.2) is 0 Å². The van der Waals surface area contributed by atoms with E-state index in [1.165, 1.54) is 12.1 Å². The van der Waals surface area contributed by atoms with E-state index in [1.807, 2.05) is 0 Å². The number of ketones is 1. The fourth-order valence-corrected chi connectivity index (χ4v) is 2.68. The summed E-state index contributed by atoms with van der Waals surface area (Å²) in [7, 11) is 0. The summed E-state index contributed by atoms with van der Waals surface area (Å²) in [4.78, 5) is 14.8. The van der Waals surface area contributed by atoms with Crippen molar-refractivity contribution in [1.29, 1.82) is 0 Å². The van der Waals surface area contributed by atoms with Crippen molar-refractivity contribution < 1.29 is 15.0 Å². The average molecular weight is 263 g/mol. The molecule has 1 aliphatic rings. The van der Waals surface area contributed by atoms with Crippen LogP contribution in [0.5, 0.6) is 11.5 Å². The van der Waals surface area contributed by atoms with Crippen molar-refractivity contribution in [1.82, 2.24) is 4.90 Å². The first-order valence-corrected chi connectivity index (χ1v) is 6.93. The van der Waals surface area contributed by atoms with Gasteiger partial charge in [0.1, 0.15) is 0 Å². The average Bonchev–Trinajstić information content (AvgIpc) is 2.92. The van der Waals surface area contributed by atoms with E-state index in [-0.39, 0.29) is 23.3 Å². The summed E-state index contributed by atoms with van der Waals surface area (Å²) in [6.45, 7) is 4.02. The van der Waals surface area contributed by atoms with Gasteiger partial charge in [-0.2, -0.15) is 0 Å². The standard InChI is InChI=1S/C15H21NO3/c1-2-5-12(16-8-3-4-9-16)15(19)11-6-7-13(17)14(18)10-11/h6-7,10,12,17-18H,2-5,8-9H2,1H3/t12-/m1/s1. The highest BCUT2D eigenvalue weighted by molar-refractivity contribution is 6.00. The molecule has 1 aromatic rings. The first-order valence-electron chi connectivity index (χ1n) is 6.93. The molecule has 1 atom stereocenters. The van der Waals surface area contributed by atoms with Gasteiger partial charge >= 0.3 is 0 Å². The zero-order chi connectivity index (χ0) is 13.8. The van der Waals surface area contributed by atoms with Gasteiger partial charge in [0.05, 0.1) is 6.04 Å². The molecule has 0 radical (unpaired) electrons. The molecule has 0 bridgehead atoms. The second-order valence-corrected chi connectivity index (χ2v) is 5.12. The van der Waals surface area contributed by atoms with Gasteiger partial charge in [0, 0.05) is 5.56 Å². The molecule has 1 aromatic carbocycles. The maximum absolute atomic E-state index is 12.6. The Labute approximate surface area is 113 Å². The van der Waals surface area contributed by atoms with Gasteiger partial charge in [-0.3, -0.25) is 9.69 Å². The van der Waals surface area contributed by atoms with Gasteiger partial charge < -0.3 is 10.2 Å². The Balaban J connectivity index is 2.20. The van der Waals surface area contributed by atoms with Gasteiger partial charge in [-0.15, -0.1) is 0 Å². The Hall–Kier alpha value is -1.55. The fraction of sp³-hybridized carbons (Fsp3) is 0.533. The molecule has 2 N–H and O–H groups in total. The van der Waals surface area contributed by atoms with Crippen LogP contribution in [-0.2, 0) is 0 Å². The third kappa shape index (κ3) is 3.07. The second-order valence-electron chi connectivity index (χ2n) is 5.12. The van der Waals surface area contributed by atoms with Gasteiger partial charge in [0.15, 0.2) is 17.3 Å². The van der Waals surface area contributed by atoms with Crippen LogP contribution in [-0.4, -0.2) is 40.0 Å². The zero-order valence-electron chi connectivity index (χ0n) is 11.3. The summed E-state index contributed by atoms with van der Waals surface area (Å²) >= 11 is 0. The molecule has 0 saturated carbocycles. The summed E-state index contributed by atoms with van der Waals surface area (Å²) < 4.78 is 0. The van der Waals surface area contributed by atoms with Crippen molar-refractivity contribution in [2.24, 2.45) is 0 Å². The number of hydrogen-bond donors (Lipinski definition) is 2. The maximum Gasteiger partial charge on any atom is 0.180 e. The first-order chi connectivity index (χ1) is 9.13. The molecular weight excluding hydrogens is 242 g/mol. The summed E-state index contributed by atoms with van der Waals surface area (Å²) in [6.07, 6.45) is 4.08. The minimum atomic E-state index is -0.234. The molecular formula is C15H21NO3. The van der Waals surface area contributed by atoms with Crippen LogP contribution in [0, 0.1) is 0 Å². The van der Waals surface area contributed by atoms with E-state index in [0.717, 1.165) is 38.8 Å². The van der Waals surface area contributed by atoms with Crippen LogP contribution in [0.1, 0.15) is 43.0 Å². The number of nitrogens with zero attached hydrogens (tertiary/aromatic N) is 1. The van der Waals surface area contributed by atoms with Crippen molar-refractivity contribution in [2.75, 3.05) is 13.1 Å². The molecule has 19 heavy (non-hydrogen) atoms. The highest BCUT2D eigenvalue weighted by Crippen LogP contribution is 2.27. The lowest BCUT2D eigenvalue weighted by Gasteiger charge is -2.26. The third-order valence-electron chi connectivity index (χ3n) is 3.71. The van der Waals surface area contributed by atoms with Crippen molar-refractivity contribution in [3.05, 3.63) is 23.8 Å². The smallest absolute Gasteiger partial charge is 0.180 e. The molecule has 1 fully saturated rings. The molecule has 0 aromatic heterocycles. The van der Waals surface area contributed by atoms with Crippen LogP contribution in [0.2, 0.25) is 0 Å². The van der Waals surface area contributed by atoms with E-state index in [9.17, 15) is 15.0 Å². The number of carbonyl (C=O) groups excluding carboxylic acids is 1. The van der Waals surface area contributed by atoms with Crippen molar-refractivity contribution >= 4 is 5.78 Å². The number of likely N-dealkylation sites (tertiary alicyclic amines) is 1. The number of phenols is 2. The predicted molar refractivity (Wildman–Crippen MR) is 73.6 cm³/mol. The Kier molecular flexibility index (Phi) is 4.43. The topological polar surface area (TPSA) is 60.8 Å².